The minimum atomic E-state index is -4.64. The fourth-order valence-corrected chi connectivity index (χ4v) is 4.33. The highest BCUT2D eigenvalue weighted by atomic mass is 35.5. The van der Waals surface area contributed by atoms with Gasteiger partial charge in [-0.3, -0.25) is 14.2 Å². The first-order valence-electron chi connectivity index (χ1n) is 10.9. The van der Waals surface area contributed by atoms with Crippen molar-refractivity contribution in [3.8, 4) is 5.75 Å². The maximum absolute atomic E-state index is 13.2. The molecule has 11 heteroatoms. The van der Waals surface area contributed by atoms with Gasteiger partial charge in [0.25, 0.3) is 0 Å². The Kier molecular flexibility index (Phi) is 6.62. The van der Waals surface area contributed by atoms with Crippen LogP contribution in [-0.2, 0) is 24.1 Å². The number of methoxy groups -OCH3 is 1. The molecule has 1 saturated carbocycles. The van der Waals surface area contributed by atoms with Crippen LogP contribution in [0.5, 0.6) is 5.75 Å². The van der Waals surface area contributed by atoms with Crippen LogP contribution in [-0.4, -0.2) is 32.6 Å². The molecule has 4 rings (SSSR count). The van der Waals surface area contributed by atoms with E-state index in [1.807, 2.05) is 31.2 Å². The predicted molar refractivity (Wildman–Crippen MR) is 121 cm³/mol. The Bertz CT molecular complexity index is 1210. The average Bonchev–Trinajstić information content (AvgIpc) is 3.51. The fourth-order valence-electron chi connectivity index (χ4n) is 3.94. The lowest BCUT2D eigenvalue weighted by Crippen LogP contribution is -2.17. The summed E-state index contributed by atoms with van der Waals surface area (Å²) in [6, 6.07) is 7.62. The quantitative estimate of drug-likeness (QED) is 0.458. The molecule has 3 aromatic rings. The molecule has 7 nitrogen and oxygen atoms in total. The summed E-state index contributed by atoms with van der Waals surface area (Å²) in [5.41, 5.74) is 2.27. The zero-order valence-corrected chi connectivity index (χ0v) is 19.8. The fraction of sp³-hybridized carbons (Fsp3) is 0.435. The summed E-state index contributed by atoms with van der Waals surface area (Å²) < 4.78 is 48.0. The van der Waals surface area contributed by atoms with E-state index in [2.05, 4.69) is 15.5 Å². The van der Waals surface area contributed by atoms with Crippen molar-refractivity contribution in [2.24, 2.45) is 0 Å². The van der Waals surface area contributed by atoms with E-state index >= 15 is 0 Å². The number of hydrogen-bond donors (Lipinski definition) is 1. The van der Waals surface area contributed by atoms with Gasteiger partial charge in [0, 0.05) is 12.3 Å². The molecule has 0 unspecified atom stereocenters. The minimum absolute atomic E-state index is 0.00348. The van der Waals surface area contributed by atoms with Gasteiger partial charge in [-0.1, -0.05) is 23.7 Å². The highest BCUT2D eigenvalue weighted by Gasteiger charge is 2.42. The molecule has 1 aliphatic carbocycles. The van der Waals surface area contributed by atoms with Crippen LogP contribution < -0.4 is 10.1 Å². The number of hydrogen-bond acceptors (Lipinski definition) is 4. The number of rotatable bonds is 8. The number of alkyl halides is 3. The Balaban J connectivity index is 1.45. The summed E-state index contributed by atoms with van der Waals surface area (Å²) in [5, 5.41) is 10.7. The van der Waals surface area contributed by atoms with Gasteiger partial charge in [-0.05, 0) is 44.4 Å². The van der Waals surface area contributed by atoms with Crippen molar-refractivity contribution in [2.75, 3.05) is 12.4 Å². The van der Waals surface area contributed by atoms with E-state index in [0.29, 0.717) is 23.6 Å². The van der Waals surface area contributed by atoms with E-state index < -0.39 is 11.9 Å². The summed E-state index contributed by atoms with van der Waals surface area (Å²) in [5.74, 6) is 0.359. The second-order valence-electron chi connectivity index (χ2n) is 8.40. The zero-order chi connectivity index (χ0) is 24.6. The number of carbonyl (C=O) groups is 1. The van der Waals surface area contributed by atoms with Gasteiger partial charge in [-0.15, -0.1) is 0 Å². The summed E-state index contributed by atoms with van der Waals surface area (Å²) in [6.07, 6.45) is -3.16. The predicted octanol–water partition coefficient (Wildman–Crippen LogP) is 5.33. The molecular weight excluding hydrogens is 471 g/mol. The van der Waals surface area contributed by atoms with Crippen molar-refractivity contribution in [3.63, 3.8) is 0 Å². The van der Waals surface area contributed by atoms with E-state index in [0.717, 1.165) is 29.8 Å². The maximum Gasteiger partial charge on any atom is 0.436 e. The van der Waals surface area contributed by atoms with E-state index in [1.54, 1.807) is 18.7 Å². The van der Waals surface area contributed by atoms with Gasteiger partial charge in [0.05, 0.1) is 48.0 Å². The van der Waals surface area contributed by atoms with Crippen LogP contribution in [0.15, 0.2) is 24.3 Å². The van der Waals surface area contributed by atoms with E-state index in [4.69, 9.17) is 16.3 Å². The van der Waals surface area contributed by atoms with Gasteiger partial charge in [-0.25, -0.2) is 0 Å². The zero-order valence-electron chi connectivity index (χ0n) is 19.0. The second-order valence-corrected chi connectivity index (χ2v) is 8.77. The first-order chi connectivity index (χ1) is 16.1. The lowest BCUT2D eigenvalue weighted by molar-refractivity contribution is -0.141. The first-order valence-corrected chi connectivity index (χ1v) is 11.3. The molecule has 1 amide bonds. The van der Waals surface area contributed by atoms with Crippen LogP contribution in [0, 0.1) is 13.8 Å². The third-order valence-electron chi connectivity index (χ3n) is 5.83. The van der Waals surface area contributed by atoms with Gasteiger partial charge < -0.3 is 10.1 Å². The molecular formula is C23H25ClF3N5O2. The molecule has 0 bridgehead atoms. The monoisotopic (exact) mass is 495 g/mol. The lowest BCUT2D eigenvalue weighted by Gasteiger charge is -2.09. The summed E-state index contributed by atoms with van der Waals surface area (Å²) in [6.45, 7) is 4.14. The van der Waals surface area contributed by atoms with Crippen molar-refractivity contribution in [1.29, 1.82) is 0 Å². The highest BCUT2D eigenvalue weighted by Crippen LogP contribution is 2.46. The Morgan fingerprint density at radius 1 is 1.24 bits per heavy atom. The maximum atomic E-state index is 13.2. The number of amides is 1. The number of carbonyl (C=O) groups excluding carboxylic acids is 1. The SMILES string of the molecule is COc1cccc(Cn2nc(C)c(NC(=O)CCn3nc(C(F)(F)F)c(Cl)c3C3CC3)c2C)c1. The molecule has 34 heavy (non-hydrogen) atoms. The van der Waals surface area contributed by atoms with Gasteiger partial charge in [0.1, 0.15) is 5.75 Å². The van der Waals surface area contributed by atoms with Gasteiger partial charge in [0.2, 0.25) is 5.91 Å². The first kappa shape index (κ1) is 24.1. The number of halogens is 4. The third-order valence-corrected chi connectivity index (χ3v) is 6.20. The van der Waals surface area contributed by atoms with Crippen LogP contribution in [0.3, 0.4) is 0 Å². The van der Waals surface area contributed by atoms with Crippen molar-refractivity contribution in [2.45, 2.75) is 58.3 Å². The Morgan fingerprint density at radius 2 is 1.97 bits per heavy atom. The standard InChI is InChI=1S/C23H25ClF3N5O2/c1-13-20(14(2)32(29-13)12-15-5-4-6-17(11-15)34-3)28-18(33)9-10-31-21(16-7-8-16)19(24)22(30-31)23(25,26)27/h4-6,11,16H,7-10,12H2,1-3H3,(H,28,33). The van der Waals surface area contributed by atoms with Crippen LogP contribution in [0.25, 0.3) is 0 Å². The molecule has 0 aliphatic heterocycles. The molecule has 1 fully saturated rings. The Morgan fingerprint density at radius 3 is 2.62 bits per heavy atom. The van der Waals surface area contributed by atoms with Crippen LogP contribution in [0.1, 0.15) is 53.5 Å². The van der Waals surface area contributed by atoms with E-state index in [9.17, 15) is 18.0 Å². The normalized spacial score (nSPS) is 13.9. The number of ether oxygens (including phenoxy) is 1. The Labute approximate surface area is 199 Å². The highest BCUT2D eigenvalue weighted by molar-refractivity contribution is 6.32. The van der Waals surface area contributed by atoms with Crippen molar-refractivity contribution in [3.05, 3.63) is 57.6 Å². The van der Waals surface area contributed by atoms with Crippen LogP contribution in [0.2, 0.25) is 5.02 Å². The molecule has 1 aliphatic rings. The number of nitrogens with zero attached hydrogens (tertiary/aromatic N) is 4. The lowest BCUT2D eigenvalue weighted by atomic mass is 10.2. The molecule has 182 valence electrons. The number of benzene rings is 1. The average molecular weight is 496 g/mol. The Hall–Kier alpha value is -3.01. The number of aromatic nitrogens is 4. The molecule has 0 radical (unpaired) electrons. The molecule has 2 aromatic heterocycles. The van der Waals surface area contributed by atoms with Crippen molar-refractivity contribution >= 4 is 23.2 Å². The summed E-state index contributed by atoms with van der Waals surface area (Å²) >= 11 is 6.00. The largest absolute Gasteiger partial charge is 0.497 e. The topological polar surface area (TPSA) is 74.0 Å². The molecule has 0 atom stereocenters. The van der Waals surface area contributed by atoms with E-state index in [-0.39, 0.29) is 29.8 Å². The minimum Gasteiger partial charge on any atom is -0.497 e. The third kappa shape index (κ3) is 5.06. The van der Waals surface area contributed by atoms with Crippen LogP contribution in [0.4, 0.5) is 18.9 Å². The van der Waals surface area contributed by atoms with Crippen molar-refractivity contribution < 1.29 is 22.7 Å². The number of anilines is 1. The summed E-state index contributed by atoms with van der Waals surface area (Å²) in [7, 11) is 1.60. The number of nitrogens with one attached hydrogen (secondary N) is 1. The molecule has 0 spiro atoms. The van der Waals surface area contributed by atoms with Gasteiger partial charge >= 0.3 is 6.18 Å². The second kappa shape index (κ2) is 9.32. The number of aryl methyl sites for hydroxylation is 2. The molecule has 0 saturated heterocycles. The van der Waals surface area contributed by atoms with Crippen molar-refractivity contribution in [1.82, 2.24) is 19.6 Å². The van der Waals surface area contributed by atoms with E-state index in [1.165, 1.54) is 4.68 Å². The smallest absolute Gasteiger partial charge is 0.436 e. The molecule has 2 heterocycles. The molecule has 1 aromatic carbocycles. The summed E-state index contributed by atoms with van der Waals surface area (Å²) in [4.78, 5) is 12.7. The molecule has 1 N–H and O–H groups in total. The van der Waals surface area contributed by atoms with Crippen LogP contribution >= 0.6 is 11.6 Å². The van der Waals surface area contributed by atoms with Gasteiger partial charge in [-0.2, -0.15) is 23.4 Å². The van der Waals surface area contributed by atoms with Gasteiger partial charge in [0.15, 0.2) is 5.69 Å².